The molecule has 0 radical (unpaired) electrons. The number of carbonyl (C=O) groups is 1. The maximum atomic E-state index is 11.4. The van der Waals surface area contributed by atoms with E-state index < -0.39 is 5.97 Å². The zero-order chi connectivity index (χ0) is 20.8. The van der Waals surface area contributed by atoms with E-state index in [2.05, 4.69) is 33.8 Å². The van der Waals surface area contributed by atoms with Crippen LogP contribution < -0.4 is 20.8 Å². The van der Waals surface area contributed by atoms with Gasteiger partial charge in [0.1, 0.15) is 6.54 Å². The Morgan fingerprint density at radius 2 is 2.00 bits per heavy atom. The molecule has 3 rings (SSSR count). The molecule has 2 aromatic rings. The van der Waals surface area contributed by atoms with Crippen molar-refractivity contribution in [3.05, 3.63) is 53.6 Å². The normalized spacial score (nSPS) is 15.3. The van der Waals surface area contributed by atoms with Crippen LogP contribution in [0.15, 0.2) is 52.8 Å². The van der Waals surface area contributed by atoms with Crippen molar-refractivity contribution in [2.24, 2.45) is 10.3 Å². The van der Waals surface area contributed by atoms with Crippen molar-refractivity contribution >= 4 is 35.7 Å². The molecule has 0 aliphatic carbocycles. The largest absolute Gasteiger partial charge is 0.480 e. The summed E-state index contributed by atoms with van der Waals surface area (Å²) in [6.07, 6.45) is 0.799. The molecule has 0 saturated carbocycles. The summed E-state index contributed by atoms with van der Waals surface area (Å²) in [6.45, 7) is 5.38. The molecule has 1 aliphatic rings. The molecule has 1 aliphatic heterocycles. The number of hydrogen-bond donors (Lipinski definition) is 4. The van der Waals surface area contributed by atoms with Gasteiger partial charge in [-0.05, 0) is 49.6 Å². The summed E-state index contributed by atoms with van der Waals surface area (Å²) < 4.78 is 0. The average Bonchev–Trinajstić information content (AvgIpc) is 3.10. The molecule has 154 valence electrons. The summed E-state index contributed by atoms with van der Waals surface area (Å²) in [5, 5.41) is 22.2. The summed E-state index contributed by atoms with van der Waals surface area (Å²) in [5.74, 6) is -0.830. The third-order valence-corrected chi connectivity index (χ3v) is 5.02. The monoisotopic (exact) mass is 414 g/mol. The summed E-state index contributed by atoms with van der Waals surface area (Å²) in [5.41, 5.74) is 7.50. The predicted octanol–water partition coefficient (Wildman–Crippen LogP) is 3.60. The maximum absolute atomic E-state index is 11.4. The number of aryl methyl sites for hydroxylation is 2. The van der Waals surface area contributed by atoms with Gasteiger partial charge in [-0.2, -0.15) is 5.53 Å². The van der Waals surface area contributed by atoms with E-state index in [1.54, 1.807) is 5.01 Å². The van der Waals surface area contributed by atoms with E-state index >= 15 is 0 Å². The molecule has 1 unspecified atom stereocenters. The third-order valence-electron chi connectivity index (χ3n) is 4.68. The van der Waals surface area contributed by atoms with Gasteiger partial charge in [0.2, 0.25) is 5.50 Å². The minimum Gasteiger partial charge on any atom is -0.480 e. The second kappa shape index (κ2) is 9.51. The van der Waals surface area contributed by atoms with Crippen LogP contribution in [-0.4, -0.2) is 36.2 Å². The lowest BCUT2D eigenvalue weighted by Gasteiger charge is -2.26. The summed E-state index contributed by atoms with van der Waals surface area (Å²) in [6, 6.07) is 13.9. The molecule has 3 N–H and O–H groups in total. The van der Waals surface area contributed by atoms with Crippen LogP contribution in [0, 0.1) is 13.8 Å². The number of nitrogens with zero attached hydrogens (tertiary/aromatic N) is 4. The lowest BCUT2D eigenvalue weighted by Crippen LogP contribution is -2.34. The Labute approximate surface area is 176 Å². The molecule has 0 saturated heterocycles. The van der Waals surface area contributed by atoms with Crippen molar-refractivity contribution in [1.82, 2.24) is 5.53 Å². The van der Waals surface area contributed by atoms with Gasteiger partial charge in [-0.1, -0.05) is 29.5 Å². The summed E-state index contributed by atoms with van der Waals surface area (Å²) in [7, 11) is 0. The minimum atomic E-state index is -0.830. The summed E-state index contributed by atoms with van der Waals surface area (Å²) >= 11 is 4.35. The van der Waals surface area contributed by atoms with Gasteiger partial charge in [0.25, 0.3) is 0 Å². The molecule has 8 nitrogen and oxygen atoms in total. The van der Waals surface area contributed by atoms with Crippen molar-refractivity contribution in [3.8, 4) is 0 Å². The Morgan fingerprint density at radius 3 is 2.66 bits per heavy atom. The number of rotatable bonds is 9. The van der Waals surface area contributed by atoms with Crippen LogP contribution in [0.1, 0.15) is 17.5 Å². The zero-order valence-electron chi connectivity index (χ0n) is 16.5. The van der Waals surface area contributed by atoms with Crippen LogP contribution in [0.25, 0.3) is 0 Å². The minimum absolute atomic E-state index is 0.0157. The molecule has 1 heterocycles. The molecule has 0 fully saturated rings. The van der Waals surface area contributed by atoms with E-state index in [4.69, 9.17) is 0 Å². The molecular weight excluding hydrogens is 388 g/mol. The van der Waals surface area contributed by atoms with Crippen molar-refractivity contribution < 1.29 is 9.90 Å². The van der Waals surface area contributed by atoms with Crippen molar-refractivity contribution in [1.29, 1.82) is 0 Å². The molecule has 0 spiro atoms. The van der Waals surface area contributed by atoms with Crippen LogP contribution in [0.2, 0.25) is 0 Å². The Hall–Kier alpha value is -2.94. The first-order valence-corrected chi connectivity index (χ1v) is 9.97. The van der Waals surface area contributed by atoms with Crippen LogP contribution >= 0.6 is 12.6 Å². The van der Waals surface area contributed by atoms with E-state index in [1.165, 1.54) is 0 Å². The number of carboxylic acid groups (broad SMARTS) is 1. The second-order valence-electron chi connectivity index (χ2n) is 6.92. The first-order valence-electron chi connectivity index (χ1n) is 9.45. The van der Waals surface area contributed by atoms with Gasteiger partial charge in [-0.15, -0.1) is 17.7 Å². The molecule has 2 aromatic carbocycles. The van der Waals surface area contributed by atoms with Gasteiger partial charge < -0.3 is 15.3 Å². The highest BCUT2D eigenvalue weighted by Crippen LogP contribution is 2.25. The highest BCUT2D eigenvalue weighted by molar-refractivity contribution is 7.81. The molecule has 29 heavy (non-hydrogen) atoms. The van der Waals surface area contributed by atoms with Gasteiger partial charge in [0, 0.05) is 24.5 Å². The standard InChI is InChI=1S/C20H26N6O2S/c1-14-6-3-7-15(2)19(14)25(13-18(27)28)11-5-10-21-16-8-4-9-17(12-16)26-20(29)22-23-24-26/h3-4,6-9,12,20-21,29H,5,10-11,13H2,1-2H3,(H,22,24)(H,27,28). The molecule has 9 heteroatoms. The van der Waals surface area contributed by atoms with E-state index in [-0.39, 0.29) is 12.0 Å². The first kappa shape index (κ1) is 20.8. The average molecular weight is 415 g/mol. The van der Waals surface area contributed by atoms with Crippen LogP contribution in [-0.2, 0) is 4.79 Å². The SMILES string of the molecule is Cc1cccc(C)c1N(CCCNc1cccc(N2NN=NC2S)c1)CC(=O)O. The molecular formula is C20H26N6O2S. The van der Waals surface area contributed by atoms with E-state index in [1.807, 2.05) is 61.2 Å². The smallest absolute Gasteiger partial charge is 0.323 e. The summed E-state index contributed by atoms with van der Waals surface area (Å²) in [4.78, 5) is 13.3. The van der Waals surface area contributed by atoms with E-state index in [0.29, 0.717) is 6.54 Å². The number of anilines is 3. The van der Waals surface area contributed by atoms with Crippen molar-refractivity contribution in [2.45, 2.75) is 25.8 Å². The highest BCUT2D eigenvalue weighted by Gasteiger charge is 2.19. The highest BCUT2D eigenvalue weighted by atomic mass is 32.1. The molecule has 0 aromatic heterocycles. The van der Waals surface area contributed by atoms with E-state index in [0.717, 1.165) is 41.2 Å². The number of aliphatic carboxylic acids is 1. The zero-order valence-corrected chi connectivity index (χ0v) is 17.4. The number of hydrazine groups is 1. The quantitative estimate of drug-likeness (QED) is 0.370. The lowest BCUT2D eigenvalue weighted by molar-refractivity contribution is -0.135. The number of nitrogens with one attached hydrogen (secondary N) is 2. The Balaban J connectivity index is 1.58. The van der Waals surface area contributed by atoms with E-state index in [9.17, 15) is 9.90 Å². The number of thiol groups is 1. The van der Waals surface area contributed by atoms with Gasteiger partial charge in [-0.3, -0.25) is 4.79 Å². The number of para-hydroxylation sites is 1. The first-order chi connectivity index (χ1) is 14.0. The van der Waals surface area contributed by atoms with Crippen LogP contribution in [0.5, 0.6) is 0 Å². The molecule has 0 bridgehead atoms. The number of carboxylic acids is 1. The van der Waals surface area contributed by atoms with Crippen LogP contribution in [0.4, 0.5) is 17.1 Å². The lowest BCUT2D eigenvalue weighted by atomic mass is 10.1. The van der Waals surface area contributed by atoms with Gasteiger partial charge >= 0.3 is 5.97 Å². The van der Waals surface area contributed by atoms with Gasteiger partial charge in [-0.25, -0.2) is 5.01 Å². The Morgan fingerprint density at radius 1 is 1.28 bits per heavy atom. The van der Waals surface area contributed by atoms with Gasteiger partial charge in [0.05, 0.1) is 5.69 Å². The fourth-order valence-corrected chi connectivity index (χ4v) is 3.66. The van der Waals surface area contributed by atoms with Crippen LogP contribution in [0.3, 0.4) is 0 Å². The fraction of sp³-hybridized carbons (Fsp3) is 0.350. The fourth-order valence-electron chi connectivity index (χ4n) is 3.43. The number of hydrogen-bond acceptors (Lipinski definition) is 8. The second-order valence-corrected chi connectivity index (χ2v) is 7.38. The van der Waals surface area contributed by atoms with Crippen molar-refractivity contribution in [2.75, 3.05) is 34.9 Å². The number of benzene rings is 2. The topological polar surface area (TPSA) is 92.6 Å². The Kier molecular flexibility index (Phi) is 6.82. The molecule has 1 atom stereocenters. The van der Waals surface area contributed by atoms with Gasteiger partial charge in [0.15, 0.2) is 0 Å². The van der Waals surface area contributed by atoms with Crippen molar-refractivity contribution in [3.63, 3.8) is 0 Å². The third kappa shape index (κ3) is 5.32. The predicted molar refractivity (Wildman–Crippen MR) is 119 cm³/mol. The molecule has 0 amide bonds. The Bertz CT molecular complexity index is 871. The maximum Gasteiger partial charge on any atom is 0.323 e.